The lowest BCUT2D eigenvalue weighted by Gasteiger charge is -2.26. The molecule has 0 radical (unpaired) electrons. The van der Waals surface area contributed by atoms with E-state index < -0.39 is 22.4 Å². The summed E-state index contributed by atoms with van der Waals surface area (Å²) < 4.78 is 40.4. The van der Waals surface area contributed by atoms with Crippen molar-refractivity contribution in [2.24, 2.45) is 0 Å². The maximum atomic E-state index is 13.8. The number of hydrogen-bond acceptors (Lipinski definition) is 3. The summed E-state index contributed by atoms with van der Waals surface area (Å²) in [4.78, 5) is -0.0590. The zero-order chi connectivity index (χ0) is 14.9. The van der Waals surface area contributed by atoms with E-state index in [1.165, 1.54) is 17.3 Å². The van der Waals surface area contributed by atoms with Crippen LogP contribution >= 0.6 is 0 Å². The predicted molar refractivity (Wildman–Crippen MR) is 74.2 cm³/mol. The summed E-state index contributed by atoms with van der Waals surface area (Å²) in [5.74, 6) is -0.612. The van der Waals surface area contributed by atoms with E-state index in [-0.39, 0.29) is 16.0 Å². The molecule has 0 spiro atoms. The maximum Gasteiger partial charge on any atom is 0.243 e. The van der Waals surface area contributed by atoms with E-state index in [4.69, 9.17) is 5.11 Å². The van der Waals surface area contributed by atoms with Crippen molar-refractivity contribution in [3.63, 3.8) is 0 Å². The van der Waals surface area contributed by atoms with E-state index in [0.29, 0.717) is 19.5 Å². The lowest BCUT2D eigenvalue weighted by molar-refractivity contribution is 0.280. The molecule has 0 saturated heterocycles. The zero-order valence-electron chi connectivity index (χ0n) is 11.6. The molecule has 20 heavy (non-hydrogen) atoms. The van der Waals surface area contributed by atoms with Crippen molar-refractivity contribution in [1.29, 1.82) is 0 Å². The van der Waals surface area contributed by atoms with Crippen molar-refractivity contribution in [2.75, 3.05) is 13.1 Å². The van der Waals surface area contributed by atoms with E-state index in [2.05, 4.69) is 0 Å². The van der Waals surface area contributed by atoms with Gasteiger partial charge in [-0.25, -0.2) is 12.8 Å². The van der Waals surface area contributed by atoms with Crippen LogP contribution in [0.15, 0.2) is 28.7 Å². The van der Waals surface area contributed by atoms with E-state index >= 15 is 0 Å². The minimum atomic E-state index is -3.74. The first-order chi connectivity index (χ1) is 9.36. The molecule has 1 heterocycles. The quantitative estimate of drug-likeness (QED) is 0.868. The molecular formula is C14H18FNO3S. The fraction of sp³-hybridized carbons (Fsp3) is 0.429. The topological polar surface area (TPSA) is 57.6 Å². The average molecular weight is 299 g/mol. The molecule has 0 amide bonds. The molecule has 0 fully saturated rings. The Morgan fingerprint density at radius 1 is 1.35 bits per heavy atom. The number of sulfonamides is 1. The molecule has 6 heteroatoms. The van der Waals surface area contributed by atoms with Gasteiger partial charge in [-0.1, -0.05) is 11.6 Å². The molecule has 1 N–H and O–H groups in total. The number of nitrogens with zero attached hydrogens (tertiary/aromatic N) is 1. The van der Waals surface area contributed by atoms with Gasteiger partial charge in [-0.2, -0.15) is 4.31 Å². The Bertz CT molecular complexity index is 653. The van der Waals surface area contributed by atoms with Crippen molar-refractivity contribution in [2.45, 2.75) is 31.8 Å². The standard InChI is InChI=1S/C14H18FNO3S/c1-10-4-3-5-16(8-10)20(18,19)14-7-12(9-17)6-13(15)11(14)2/h4,6-7,17H,3,5,8-9H2,1-2H3. The Balaban J connectivity index is 2.49. The van der Waals surface area contributed by atoms with E-state index in [9.17, 15) is 12.8 Å². The van der Waals surface area contributed by atoms with Gasteiger partial charge in [-0.15, -0.1) is 0 Å². The van der Waals surface area contributed by atoms with Crippen LogP contribution in [0.4, 0.5) is 4.39 Å². The van der Waals surface area contributed by atoms with Gasteiger partial charge >= 0.3 is 0 Å². The number of aliphatic hydroxyl groups excluding tert-OH is 1. The fourth-order valence-electron chi connectivity index (χ4n) is 2.29. The molecule has 0 bridgehead atoms. The highest BCUT2D eigenvalue weighted by atomic mass is 32.2. The van der Waals surface area contributed by atoms with Crippen molar-refractivity contribution < 1.29 is 17.9 Å². The van der Waals surface area contributed by atoms with Gasteiger partial charge in [-0.05, 0) is 38.0 Å². The van der Waals surface area contributed by atoms with E-state index in [1.54, 1.807) is 0 Å². The molecular weight excluding hydrogens is 281 g/mol. The summed E-state index contributed by atoms with van der Waals surface area (Å²) in [7, 11) is -3.74. The van der Waals surface area contributed by atoms with Crippen LogP contribution in [0.3, 0.4) is 0 Å². The Kier molecular flexibility index (Phi) is 4.27. The van der Waals surface area contributed by atoms with E-state index in [1.807, 2.05) is 13.0 Å². The van der Waals surface area contributed by atoms with Crippen LogP contribution in [0, 0.1) is 12.7 Å². The van der Waals surface area contributed by atoms with Crippen molar-refractivity contribution in [1.82, 2.24) is 4.31 Å². The molecule has 1 aliphatic rings. The average Bonchev–Trinajstić information content (AvgIpc) is 2.41. The molecule has 0 aromatic heterocycles. The Morgan fingerprint density at radius 2 is 2.05 bits per heavy atom. The predicted octanol–water partition coefficient (Wildman–Crippen LogP) is 1.97. The highest BCUT2D eigenvalue weighted by Gasteiger charge is 2.28. The van der Waals surface area contributed by atoms with Gasteiger partial charge in [0, 0.05) is 18.7 Å². The highest BCUT2D eigenvalue weighted by Crippen LogP contribution is 2.26. The van der Waals surface area contributed by atoms with Gasteiger partial charge in [0.25, 0.3) is 0 Å². The molecule has 110 valence electrons. The zero-order valence-corrected chi connectivity index (χ0v) is 12.4. The number of aliphatic hydroxyl groups is 1. The maximum absolute atomic E-state index is 13.8. The molecule has 1 aromatic rings. The molecule has 0 atom stereocenters. The molecule has 0 saturated carbocycles. The van der Waals surface area contributed by atoms with Gasteiger partial charge in [0.1, 0.15) is 5.82 Å². The second-order valence-electron chi connectivity index (χ2n) is 5.04. The van der Waals surface area contributed by atoms with Crippen LogP contribution in [0.2, 0.25) is 0 Å². The van der Waals surface area contributed by atoms with Crippen molar-refractivity contribution in [3.8, 4) is 0 Å². The molecule has 1 aromatic carbocycles. The first kappa shape index (κ1) is 15.2. The van der Waals surface area contributed by atoms with E-state index in [0.717, 1.165) is 11.6 Å². The Labute approximate surface area is 118 Å². The summed E-state index contributed by atoms with van der Waals surface area (Å²) in [6, 6.07) is 2.51. The highest BCUT2D eigenvalue weighted by molar-refractivity contribution is 7.89. The number of rotatable bonds is 3. The summed E-state index contributed by atoms with van der Waals surface area (Å²) >= 11 is 0. The van der Waals surface area contributed by atoms with Gasteiger partial charge in [0.2, 0.25) is 10.0 Å². The summed E-state index contributed by atoms with van der Waals surface area (Å²) in [5.41, 5.74) is 1.33. The first-order valence-corrected chi connectivity index (χ1v) is 7.86. The Hall–Kier alpha value is -1.24. The monoisotopic (exact) mass is 299 g/mol. The van der Waals surface area contributed by atoms with Crippen LogP contribution in [-0.2, 0) is 16.6 Å². The summed E-state index contributed by atoms with van der Waals surface area (Å²) in [5, 5.41) is 9.11. The SMILES string of the molecule is CC1=CCCN(S(=O)(=O)c2cc(CO)cc(F)c2C)C1. The molecule has 0 unspecified atom stereocenters. The smallest absolute Gasteiger partial charge is 0.243 e. The van der Waals surface area contributed by atoms with Crippen LogP contribution < -0.4 is 0 Å². The largest absolute Gasteiger partial charge is 0.392 e. The van der Waals surface area contributed by atoms with Crippen molar-refractivity contribution in [3.05, 3.63) is 40.7 Å². The third kappa shape index (κ3) is 2.77. The lowest BCUT2D eigenvalue weighted by atomic mass is 10.1. The fourth-order valence-corrected chi connectivity index (χ4v) is 4.07. The van der Waals surface area contributed by atoms with Crippen LogP contribution in [0.25, 0.3) is 0 Å². The third-order valence-corrected chi connectivity index (χ3v) is 5.43. The second kappa shape index (κ2) is 5.63. The molecule has 0 aliphatic carbocycles. The summed E-state index contributed by atoms with van der Waals surface area (Å²) in [6.45, 7) is 3.64. The summed E-state index contributed by atoms with van der Waals surface area (Å²) in [6.07, 6.45) is 2.66. The first-order valence-electron chi connectivity index (χ1n) is 6.42. The van der Waals surface area contributed by atoms with Gasteiger partial charge < -0.3 is 5.11 Å². The second-order valence-corrected chi connectivity index (χ2v) is 6.94. The molecule has 2 rings (SSSR count). The van der Waals surface area contributed by atoms with Crippen LogP contribution in [-0.4, -0.2) is 30.9 Å². The molecule has 1 aliphatic heterocycles. The molecule has 4 nitrogen and oxygen atoms in total. The van der Waals surface area contributed by atoms with Gasteiger partial charge in [-0.3, -0.25) is 0 Å². The number of benzene rings is 1. The normalized spacial score (nSPS) is 17.1. The van der Waals surface area contributed by atoms with Gasteiger partial charge in [0.15, 0.2) is 0 Å². The minimum Gasteiger partial charge on any atom is -0.392 e. The van der Waals surface area contributed by atoms with Gasteiger partial charge in [0.05, 0.1) is 11.5 Å². The number of halogens is 1. The lowest BCUT2D eigenvalue weighted by Crippen LogP contribution is -2.35. The van der Waals surface area contributed by atoms with Crippen LogP contribution in [0.1, 0.15) is 24.5 Å². The third-order valence-electron chi connectivity index (χ3n) is 3.45. The Morgan fingerprint density at radius 3 is 2.65 bits per heavy atom. The minimum absolute atomic E-state index is 0.0590. The number of hydrogen-bond donors (Lipinski definition) is 1. The van der Waals surface area contributed by atoms with Crippen LogP contribution in [0.5, 0.6) is 0 Å². The van der Waals surface area contributed by atoms with Crippen molar-refractivity contribution >= 4 is 10.0 Å².